The van der Waals surface area contributed by atoms with E-state index in [2.05, 4.69) is 5.32 Å². The maximum absolute atomic E-state index is 12.4. The number of carbonyl (C=O) groups is 3. The van der Waals surface area contributed by atoms with E-state index in [0.717, 1.165) is 6.42 Å². The van der Waals surface area contributed by atoms with E-state index in [-0.39, 0.29) is 11.5 Å². The second-order valence-electron chi connectivity index (χ2n) is 6.43. The monoisotopic (exact) mass is 377 g/mol. The normalized spacial score (nSPS) is 14.3. The van der Waals surface area contributed by atoms with E-state index < -0.39 is 18.0 Å². The molecule has 1 fully saturated rings. The van der Waals surface area contributed by atoms with Crippen molar-refractivity contribution in [3.05, 3.63) is 59.7 Å². The van der Waals surface area contributed by atoms with E-state index in [1.165, 1.54) is 13.0 Å². The van der Waals surface area contributed by atoms with Crippen LogP contribution in [0, 0.1) is 11.3 Å². The molecule has 7 nitrogen and oxygen atoms in total. The lowest BCUT2D eigenvalue weighted by molar-refractivity contribution is -0.123. The lowest BCUT2D eigenvalue weighted by Crippen LogP contribution is -2.30. The first-order valence-electron chi connectivity index (χ1n) is 8.90. The number of amides is 2. The molecule has 0 radical (unpaired) electrons. The second kappa shape index (κ2) is 8.35. The highest BCUT2D eigenvalue weighted by Gasteiger charge is 2.24. The first-order chi connectivity index (χ1) is 13.5. The Morgan fingerprint density at radius 2 is 2.00 bits per heavy atom. The fraction of sp³-hybridized carbons (Fsp3) is 0.238. The van der Waals surface area contributed by atoms with Crippen molar-refractivity contribution in [1.82, 2.24) is 0 Å². The van der Waals surface area contributed by atoms with Gasteiger partial charge in [0.1, 0.15) is 0 Å². The predicted octanol–water partition coefficient (Wildman–Crippen LogP) is 2.87. The van der Waals surface area contributed by atoms with Crippen molar-refractivity contribution in [3.8, 4) is 6.07 Å². The molecule has 1 heterocycles. The van der Waals surface area contributed by atoms with Crippen molar-refractivity contribution in [2.24, 2.45) is 0 Å². The van der Waals surface area contributed by atoms with Crippen molar-refractivity contribution in [3.63, 3.8) is 0 Å². The van der Waals surface area contributed by atoms with Gasteiger partial charge in [-0.05, 0) is 49.7 Å². The van der Waals surface area contributed by atoms with Gasteiger partial charge in [-0.3, -0.25) is 9.59 Å². The van der Waals surface area contributed by atoms with Crippen LogP contribution in [0.15, 0.2) is 48.5 Å². The molecule has 0 unspecified atom stereocenters. The van der Waals surface area contributed by atoms with Gasteiger partial charge in [0, 0.05) is 24.3 Å². The minimum Gasteiger partial charge on any atom is -0.449 e. The molecular weight excluding hydrogens is 358 g/mol. The number of benzene rings is 2. The van der Waals surface area contributed by atoms with Gasteiger partial charge in [0.2, 0.25) is 5.91 Å². The second-order valence-corrected chi connectivity index (χ2v) is 6.43. The molecule has 0 saturated carbocycles. The van der Waals surface area contributed by atoms with Crippen molar-refractivity contribution >= 4 is 29.2 Å². The number of nitriles is 1. The summed E-state index contributed by atoms with van der Waals surface area (Å²) in [5.41, 5.74) is 1.77. The summed E-state index contributed by atoms with van der Waals surface area (Å²) in [7, 11) is 0. The lowest BCUT2D eigenvalue weighted by atomic mass is 10.2. The Kier molecular flexibility index (Phi) is 5.70. The average molecular weight is 377 g/mol. The summed E-state index contributed by atoms with van der Waals surface area (Å²) in [5.74, 6) is -1.13. The molecule has 0 aromatic heterocycles. The summed E-state index contributed by atoms with van der Waals surface area (Å²) in [5, 5.41) is 11.5. The Morgan fingerprint density at radius 3 is 2.71 bits per heavy atom. The van der Waals surface area contributed by atoms with Crippen LogP contribution < -0.4 is 10.2 Å². The Balaban J connectivity index is 1.64. The topological polar surface area (TPSA) is 99.5 Å². The van der Waals surface area contributed by atoms with Gasteiger partial charge in [0.25, 0.3) is 5.91 Å². The van der Waals surface area contributed by atoms with Crippen LogP contribution in [0.4, 0.5) is 11.4 Å². The highest BCUT2D eigenvalue weighted by Crippen LogP contribution is 2.23. The molecule has 1 saturated heterocycles. The molecule has 1 atom stereocenters. The predicted molar refractivity (Wildman–Crippen MR) is 103 cm³/mol. The van der Waals surface area contributed by atoms with Gasteiger partial charge in [0.15, 0.2) is 6.10 Å². The molecule has 2 aromatic carbocycles. The van der Waals surface area contributed by atoms with Crippen molar-refractivity contribution in [1.29, 1.82) is 5.26 Å². The fourth-order valence-electron chi connectivity index (χ4n) is 2.91. The first kappa shape index (κ1) is 19.1. The molecule has 3 rings (SSSR count). The summed E-state index contributed by atoms with van der Waals surface area (Å²) < 4.78 is 5.25. The smallest absolute Gasteiger partial charge is 0.338 e. The summed E-state index contributed by atoms with van der Waals surface area (Å²) in [6.45, 7) is 2.09. The van der Waals surface area contributed by atoms with Crippen LogP contribution in [0.1, 0.15) is 35.7 Å². The van der Waals surface area contributed by atoms with Crippen LogP contribution >= 0.6 is 0 Å². The third-order valence-corrected chi connectivity index (χ3v) is 4.38. The molecule has 28 heavy (non-hydrogen) atoms. The van der Waals surface area contributed by atoms with Crippen LogP contribution in [0.2, 0.25) is 0 Å². The van der Waals surface area contributed by atoms with Crippen molar-refractivity contribution in [2.75, 3.05) is 16.8 Å². The SMILES string of the molecule is C[C@@H](OC(=O)c1cccc(N2CCCC2=O)c1)C(=O)Nc1cccc(C#N)c1. The van der Waals surface area contributed by atoms with Crippen LogP contribution in [0.25, 0.3) is 0 Å². The number of carbonyl (C=O) groups excluding carboxylic acids is 3. The molecule has 142 valence electrons. The molecule has 2 amide bonds. The number of hydrogen-bond acceptors (Lipinski definition) is 5. The Morgan fingerprint density at radius 1 is 1.21 bits per heavy atom. The zero-order valence-corrected chi connectivity index (χ0v) is 15.3. The van der Waals surface area contributed by atoms with Gasteiger partial charge < -0.3 is 15.0 Å². The largest absolute Gasteiger partial charge is 0.449 e. The third-order valence-electron chi connectivity index (χ3n) is 4.38. The number of ether oxygens (including phenoxy) is 1. The maximum Gasteiger partial charge on any atom is 0.338 e. The molecule has 0 bridgehead atoms. The quantitative estimate of drug-likeness (QED) is 0.808. The highest BCUT2D eigenvalue weighted by molar-refractivity contribution is 5.99. The van der Waals surface area contributed by atoms with Gasteiger partial charge in [-0.1, -0.05) is 12.1 Å². The van der Waals surface area contributed by atoms with Crippen LogP contribution in [0.5, 0.6) is 0 Å². The van der Waals surface area contributed by atoms with E-state index >= 15 is 0 Å². The maximum atomic E-state index is 12.4. The number of rotatable bonds is 5. The third kappa shape index (κ3) is 4.35. The van der Waals surface area contributed by atoms with E-state index in [1.807, 2.05) is 6.07 Å². The molecule has 7 heteroatoms. The van der Waals surface area contributed by atoms with E-state index in [9.17, 15) is 14.4 Å². The number of esters is 1. The minimum absolute atomic E-state index is 0.0258. The van der Waals surface area contributed by atoms with E-state index in [0.29, 0.717) is 29.9 Å². The zero-order chi connectivity index (χ0) is 20.1. The average Bonchev–Trinajstić information content (AvgIpc) is 3.14. The van der Waals surface area contributed by atoms with Gasteiger partial charge in [-0.15, -0.1) is 0 Å². The number of nitrogens with zero attached hydrogens (tertiary/aromatic N) is 2. The summed E-state index contributed by atoms with van der Waals surface area (Å²) >= 11 is 0. The first-order valence-corrected chi connectivity index (χ1v) is 8.90. The molecular formula is C21H19N3O4. The number of anilines is 2. The van der Waals surface area contributed by atoms with Crippen LogP contribution in [0.3, 0.4) is 0 Å². The Labute approximate surface area is 162 Å². The molecule has 1 N–H and O–H groups in total. The van der Waals surface area contributed by atoms with Gasteiger partial charge in [0.05, 0.1) is 17.2 Å². The summed E-state index contributed by atoms with van der Waals surface area (Å²) in [6.07, 6.45) is 0.256. The van der Waals surface area contributed by atoms with Crippen LogP contribution in [-0.4, -0.2) is 30.4 Å². The Bertz CT molecular complexity index is 964. The molecule has 0 aliphatic carbocycles. The number of nitrogens with one attached hydrogen (secondary N) is 1. The Hall–Kier alpha value is -3.66. The van der Waals surface area contributed by atoms with Crippen molar-refractivity contribution < 1.29 is 19.1 Å². The highest BCUT2D eigenvalue weighted by atomic mass is 16.5. The molecule has 2 aromatic rings. The zero-order valence-electron chi connectivity index (χ0n) is 15.3. The van der Waals surface area contributed by atoms with Gasteiger partial charge in [-0.25, -0.2) is 4.79 Å². The molecule has 1 aliphatic heterocycles. The van der Waals surface area contributed by atoms with Crippen molar-refractivity contribution in [2.45, 2.75) is 25.9 Å². The molecule has 1 aliphatic rings. The van der Waals surface area contributed by atoms with E-state index in [1.54, 1.807) is 47.4 Å². The van der Waals surface area contributed by atoms with E-state index in [4.69, 9.17) is 10.00 Å². The summed E-state index contributed by atoms with van der Waals surface area (Å²) in [6, 6.07) is 15.0. The van der Waals surface area contributed by atoms with Gasteiger partial charge >= 0.3 is 5.97 Å². The minimum atomic E-state index is -1.03. The fourth-order valence-corrected chi connectivity index (χ4v) is 2.91. The van der Waals surface area contributed by atoms with Crippen LogP contribution in [-0.2, 0) is 14.3 Å². The standard InChI is InChI=1S/C21H19N3O4/c1-14(20(26)23-17-7-2-5-15(11-17)13-22)28-21(27)16-6-3-8-18(12-16)24-10-4-9-19(24)25/h2-3,5-8,11-12,14H,4,9-10H2,1H3,(H,23,26)/t14-/m1/s1. The lowest BCUT2D eigenvalue weighted by Gasteiger charge is -2.17. The number of hydrogen-bond donors (Lipinski definition) is 1. The summed E-state index contributed by atoms with van der Waals surface area (Å²) in [4.78, 5) is 38.2. The molecule has 0 spiro atoms. The van der Waals surface area contributed by atoms with Gasteiger partial charge in [-0.2, -0.15) is 5.26 Å².